The van der Waals surface area contributed by atoms with Crippen LogP contribution in [0.25, 0.3) is 0 Å². The van der Waals surface area contributed by atoms with E-state index in [1.54, 1.807) is 13.8 Å². The van der Waals surface area contributed by atoms with E-state index in [0.717, 1.165) is 0 Å². The second-order valence-electron chi connectivity index (χ2n) is 5.10. The summed E-state index contributed by atoms with van der Waals surface area (Å²) in [4.78, 5) is 35.6. The Morgan fingerprint density at radius 3 is 1.47 bits per heavy atom. The van der Waals surface area contributed by atoms with Crippen LogP contribution >= 0.6 is 0 Å². The van der Waals surface area contributed by atoms with E-state index in [-0.39, 0.29) is 57.3 Å². The van der Waals surface area contributed by atoms with Gasteiger partial charge in [-0.2, -0.15) is 0 Å². The molecular formula is C13H22O3Ti. The van der Waals surface area contributed by atoms with E-state index >= 15 is 0 Å². The predicted molar refractivity (Wildman–Crippen MR) is 63.1 cm³/mol. The predicted octanol–water partition coefficient (Wildman–Crippen LogP) is 2.42. The van der Waals surface area contributed by atoms with Crippen LogP contribution in [0.3, 0.4) is 0 Å². The molecule has 0 spiro atoms. The number of rotatable bonds is 6. The molecule has 0 atom stereocenters. The first-order chi connectivity index (χ1) is 7.17. The molecule has 0 aromatic rings. The minimum atomic E-state index is -1.43. The van der Waals surface area contributed by atoms with Gasteiger partial charge in [0.2, 0.25) is 0 Å². The van der Waals surface area contributed by atoms with E-state index in [4.69, 9.17) is 0 Å². The quantitative estimate of drug-likeness (QED) is 0.552. The molecule has 0 saturated heterocycles. The van der Waals surface area contributed by atoms with Crippen LogP contribution < -0.4 is 0 Å². The Bertz CT molecular complexity index is 292. The summed E-state index contributed by atoms with van der Waals surface area (Å²) in [5.74, 6) is -1.03. The van der Waals surface area contributed by atoms with Crippen LogP contribution in [0.5, 0.6) is 0 Å². The van der Waals surface area contributed by atoms with Gasteiger partial charge in [0.1, 0.15) is 5.41 Å². The van der Waals surface area contributed by atoms with Gasteiger partial charge in [0.15, 0.2) is 17.3 Å². The summed E-state index contributed by atoms with van der Waals surface area (Å²) in [7, 11) is 0. The van der Waals surface area contributed by atoms with Crippen LogP contribution in [0.2, 0.25) is 0 Å². The maximum atomic E-state index is 12.2. The standard InChI is InChI=1S/C13H22O3.Ti/c1-8(2)7-12(16)13(9(3)4,10(5)14)11(6)15;/h8-9H,7H2,1-6H3;. The molecule has 0 aliphatic carbocycles. The van der Waals surface area contributed by atoms with Crippen LogP contribution in [0.1, 0.15) is 48.0 Å². The van der Waals surface area contributed by atoms with Gasteiger partial charge >= 0.3 is 0 Å². The van der Waals surface area contributed by atoms with E-state index < -0.39 is 5.41 Å². The van der Waals surface area contributed by atoms with Gasteiger partial charge in [-0.3, -0.25) is 14.4 Å². The number of hydrogen-bond acceptors (Lipinski definition) is 3. The molecule has 0 bridgehead atoms. The largest absolute Gasteiger partial charge is 0.298 e. The molecule has 0 saturated carbocycles. The van der Waals surface area contributed by atoms with E-state index in [2.05, 4.69) is 0 Å². The zero-order valence-corrected chi connectivity index (χ0v) is 13.1. The van der Waals surface area contributed by atoms with Gasteiger partial charge in [-0.05, 0) is 25.7 Å². The van der Waals surface area contributed by atoms with Crippen molar-refractivity contribution in [2.24, 2.45) is 17.3 Å². The van der Waals surface area contributed by atoms with Crippen molar-refractivity contribution >= 4 is 17.3 Å². The SMILES string of the molecule is CC(=O)C(C(C)=O)(C(=O)CC(C)C)C(C)C.[Ti]. The van der Waals surface area contributed by atoms with Crippen LogP contribution in [-0.4, -0.2) is 17.3 Å². The Labute approximate surface area is 119 Å². The molecule has 96 valence electrons. The fourth-order valence-corrected chi connectivity index (χ4v) is 2.31. The molecule has 0 fully saturated rings. The summed E-state index contributed by atoms with van der Waals surface area (Å²) in [6.45, 7) is 9.98. The molecule has 0 rings (SSSR count). The molecule has 0 aliphatic rings. The molecule has 0 N–H and O–H groups in total. The normalized spacial score (nSPS) is 11.3. The van der Waals surface area contributed by atoms with Crippen molar-refractivity contribution in [1.29, 1.82) is 0 Å². The summed E-state index contributed by atoms with van der Waals surface area (Å²) < 4.78 is 0. The second-order valence-corrected chi connectivity index (χ2v) is 5.10. The van der Waals surface area contributed by atoms with E-state index in [9.17, 15) is 14.4 Å². The van der Waals surface area contributed by atoms with Crippen LogP contribution in [0.15, 0.2) is 0 Å². The Balaban J connectivity index is 0. The first kappa shape index (κ1) is 19.1. The monoisotopic (exact) mass is 274 g/mol. The summed E-state index contributed by atoms with van der Waals surface area (Å²) in [5.41, 5.74) is -1.43. The van der Waals surface area contributed by atoms with Gasteiger partial charge in [-0.15, -0.1) is 0 Å². The van der Waals surface area contributed by atoms with Crippen LogP contribution in [-0.2, 0) is 36.1 Å². The van der Waals surface area contributed by atoms with Crippen LogP contribution in [0, 0.1) is 17.3 Å². The van der Waals surface area contributed by atoms with E-state index in [1.165, 1.54) is 13.8 Å². The minimum Gasteiger partial charge on any atom is -0.298 e. The van der Waals surface area contributed by atoms with Crippen molar-refractivity contribution in [3.8, 4) is 0 Å². The second kappa shape index (κ2) is 7.22. The summed E-state index contributed by atoms with van der Waals surface area (Å²) in [6.07, 6.45) is 0.275. The number of Topliss-reactive ketones (excluding diaryl/α,β-unsaturated/α-hetero) is 3. The van der Waals surface area contributed by atoms with Gasteiger partial charge in [0, 0.05) is 28.1 Å². The van der Waals surface area contributed by atoms with Crippen molar-refractivity contribution < 1.29 is 36.1 Å². The first-order valence-corrected chi connectivity index (χ1v) is 5.72. The average molecular weight is 274 g/mol. The summed E-state index contributed by atoms with van der Waals surface area (Å²) in [5, 5.41) is 0. The first-order valence-electron chi connectivity index (χ1n) is 5.72. The molecule has 0 unspecified atom stereocenters. The van der Waals surface area contributed by atoms with Crippen molar-refractivity contribution in [1.82, 2.24) is 0 Å². The zero-order valence-electron chi connectivity index (χ0n) is 11.6. The maximum absolute atomic E-state index is 12.2. The fraction of sp³-hybridized carbons (Fsp3) is 0.769. The Morgan fingerprint density at radius 1 is 0.941 bits per heavy atom. The minimum absolute atomic E-state index is 0. The van der Waals surface area contributed by atoms with Gasteiger partial charge in [-0.25, -0.2) is 0 Å². The maximum Gasteiger partial charge on any atom is 0.154 e. The Hall–Kier alpha value is -0.276. The number of carbonyl (C=O) groups is 3. The molecule has 0 radical (unpaired) electrons. The molecule has 4 heteroatoms. The van der Waals surface area contributed by atoms with Crippen LogP contribution in [0.4, 0.5) is 0 Å². The third-order valence-electron chi connectivity index (χ3n) is 3.01. The molecular weight excluding hydrogens is 252 g/mol. The molecule has 0 aliphatic heterocycles. The third-order valence-corrected chi connectivity index (χ3v) is 3.01. The molecule has 3 nitrogen and oxygen atoms in total. The Morgan fingerprint density at radius 2 is 1.29 bits per heavy atom. The average Bonchev–Trinajstić information content (AvgIpc) is 1.99. The summed E-state index contributed by atoms with van der Waals surface area (Å²) in [6, 6.07) is 0. The van der Waals surface area contributed by atoms with Crippen molar-refractivity contribution in [2.75, 3.05) is 0 Å². The molecule has 0 heterocycles. The van der Waals surface area contributed by atoms with Crippen molar-refractivity contribution in [2.45, 2.75) is 48.0 Å². The van der Waals surface area contributed by atoms with E-state index in [0.29, 0.717) is 0 Å². The molecule has 17 heavy (non-hydrogen) atoms. The number of hydrogen-bond donors (Lipinski definition) is 0. The smallest absolute Gasteiger partial charge is 0.154 e. The Kier molecular flexibility index (Phi) is 8.10. The topological polar surface area (TPSA) is 51.2 Å². The van der Waals surface area contributed by atoms with Gasteiger partial charge in [0.05, 0.1) is 0 Å². The van der Waals surface area contributed by atoms with Gasteiger partial charge < -0.3 is 0 Å². The number of carbonyl (C=O) groups excluding carboxylic acids is 3. The molecule has 0 aromatic carbocycles. The third kappa shape index (κ3) is 3.85. The summed E-state index contributed by atoms with van der Waals surface area (Å²) >= 11 is 0. The zero-order chi connectivity index (χ0) is 13.1. The van der Waals surface area contributed by atoms with Gasteiger partial charge in [-0.1, -0.05) is 27.7 Å². The molecule has 0 amide bonds. The van der Waals surface area contributed by atoms with Crippen molar-refractivity contribution in [3.63, 3.8) is 0 Å². The fourth-order valence-electron chi connectivity index (χ4n) is 2.31. The molecule has 0 aromatic heterocycles. The van der Waals surface area contributed by atoms with E-state index in [1.807, 2.05) is 13.8 Å². The van der Waals surface area contributed by atoms with Crippen molar-refractivity contribution in [3.05, 3.63) is 0 Å². The van der Waals surface area contributed by atoms with Gasteiger partial charge in [0.25, 0.3) is 0 Å². The number of ketones is 3.